The Kier molecular flexibility index (Phi) is 5.30. The first kappa shape index (κ1) is 16.4. The van der Waals surface area contributed by atoms with Crippen LogP contribution in [-0.2, 0) is 6.42 Å². The van der Waals surface area contributed by atoms with Crippen LogP contribution in [0.25, 0.3) is 0 Å². The Morgan fingerprint density at radius 2 is 2.30 bits per heavy atom. The van der Waals surface area contributed by atoms with Crippen molar-refractivity contribution in [2.24, 2.45) is 0 Å². The summed E-state index contributed by atoms with van der Waals surface area (Å²) in [6, 6.07) is 8.21. The van der Waals surface area contributed by atoms with E-state index in [9.17, 15) is 5.11 Å². The minimum absolute atomic E-state index is 0.303. The second kappa shape index (κ2) is 7.43. The molecular weight excluding hydrogens is 308 g/mol. The van der Waals surface area contributed by atoms with Gasteiger partial charge in [0, 0.05) is 17.5 Å². The predicted molar refractivity (Wildman–Crippen MR) is 93.2 cm³/mol. The van der Waals surface area contributed by atoms with Crippen molar-refractivity contribution in [3.63, 3.8) is 0 Å². The third-order valence-corrected chi connectivity index (χ3v) is 5.22. The number of thiazole rings is 1. The van der Waals surface area contributed by atoms with Gasteiger partial charge in [-0.25, -0.2) is 4.98 Å². The second-order valence-corrected chi connectivity index (χ2v) is 7.41. The summed E-state index contributed by atoms with van der Waals surface area (Å²) in [6.07, 6.45) is 2.83. The first-order chi connectivity index (χ1) is 11.1. The van der Waals surface area contributed by atoms with E-state index in [1.165, 1.54) is 10.6 Å². The lowest BCUT2D eigenvalue weighted by Crippen LogP contribution is -2.34. The van der Waals surface area contributed by atoms with Gasteiger partial charge in [-0.1, -0.05) is 12.1 Å². The van der Waals surface area contributed by atoms with Crippen molar-refractivity contribution in [3.05, 3.63) is 45.4 Å². The number of aromatic nitrogens is 1. The number of rotatable bonds is 6. The SMILES string of the molecule is Cc1cccc(OCC(O)CNC2CCCc3nc(C)sc32)c1. The number of nitrogens with zero attached hydrogens (tertiary/aromatic N) is 1. The minimum Gasteiger partial charge on any atom is -0.491 e. The van der Waals surface area contributed by atoms with Gasteiger partial charge in [-0.05, 0) is 50.8 Å². The van der Waals surface area contributed by atoms with Crippen molar-refractivity contribution >= 4 is 11.3 Å². The average molecular weight is 332 g/mol. The summed E-state index contributed by atoms with van der Waals surface area (Å²) >= 11 is 1.78. The molecule has 4 nitrogen and oxygen atoms in total. The molecule has 2 aromatic rings. The molecular formula is C18H24N2O2S. The van der Waals surface area contributed by atoms with Crippen molar-refractivity contribution in [1.29, 1.82) is 0 Å². The van der Waals surface area contributed by atoms with E-state index < -0.39 is 6.10 Å². The standard InChI is InChI=1S/C18H24N2O2S/c1-12-5-3-6-15(9-12)22-11-14(21)10-19-16-7-4-8-17-18(16)23-13(2)20-17/h3,5-6,9,14,16,19,21H,4,7-8,10-11H2,1-2H3. The van der Waals surface area contributed by atoms with Crippen LogP contribution in [0.1, 0.15) is 40.0 Å². The van der Waals surface area contributed by atoms with Gasteiger partial charge in [0.25, 0.3) is 0 Å². The molecule has 0 bridgehead atoms. The van der Waals surface area contributed by atoms with Gasteiger partial charge in [-0.15, -0.1) is 11.3 Å². The number of ether oxygens (including phenoxy) is 1. The molecule has 0 aliphatic heterocycles. The van der Waals surface area contributed by atoms with Crippen LogP contribution < -0.4 is 10.1 Å². The fourth-order valence-corrected chi connectivity index (χ4v) is 4.05. The molecule has 2 unspecified atom stereocenters. The summed E-state index contributed by atoms with van der Waals surface area (Å²) < 4.78 is 5.66. The maximum atomic E-state index is 10.2. The molecule has 0 spiro atoms. The molecule has 0 saturated heterocycles. The largest absolute Gasteiger partial charge is 0.491 e. The van der Waals surface area contributed by atoms with E-state index >= 15 is 0 Å². The highest BCUT2D eigenvalue weighted by atomic mass is 32.1. The maximum absolute atomic E-state index is 10.2. The van der Waals surface area contributed by atoms with Crippen molar-refractivity contribution in [2.75, 3.05) is 13.2 Å². The molecule has 1 aliphatic carbocycles. The smallest absolute Gasteiger partial charge is 0.119 e. The third kappa shape index (κ3) is 4.31. The van der Waals surface area contributed by atoms with Gasteiger partial charge in [0.1, 0.15) is 18.5 Å². The number of benzene rings is 1. The zero-order chi connectivity index (χ0) is 16.2. The third-order valence-electron chi connectivity index (χ3n) is 4.09. The highest BCUT2D eigenvalue weighted by molar-refractivity contribution is 7.11. The van der Waals surface area contributed by atoms with Crippen LogP contribution in [0, 0.1) is 13.8 Å². The molecule has 0 amide bonds. The molecule has 1 aliphatic rings. The lowest BCUT2D eigenvalue weighted by molar-refractivity contribution is 0.103. The molecule has 124 valence electrons. The molecule has 0 radical (unpaired) electrons. The van der Waals surface area contributed by atoms with Gasteiger partial charge < -0.3 is 15.2 Å². The van der Waals surface area contributed by atoms with Crippen LogP contribution in [0.15, 0.2) is 24.3 Å². The van der Waals surface area contributed by atoms with Gasteiger partial charge in [0.05, 0.1) is 10.7 Å². The lowest BCUT2D eigenvalue weighted by Gasteiger charge is -2.24. The van der Waals surface area contributed by atoms with Crippen molar-refractivity contribution in [3.8, 4) is 5.75 Å². The monoisotopic (exact) mass is 332 g/mol. The molecule has 1 aromatic carbocycles. The summed E-state index contributed by atoms with van der Waals surface area (Å²) in [5, 5.41) is 14.8. The normalized spacial score (nSPS) is 18.5. The molecule has 23 heavy (non-hydrogen) atoms. The predicted octanol–water partition coefficient (Wildman–Crippen LogP) is 3.17. The molecule has 1 aromatic heterocycles. The Hall–Kier alpha value is -1.43. The number of hydrogen-bond acceptors (Lipinski definition) is 5. The van der Waals surface area contributed by atoms with Gasteiger partial charge >= 0.3 is 0 Å². The van der Waals surface area contributed by atoms with Crippen LogP contribution in [0.5, 0.6) is 5.75 Å². The molecule has 2 atom stereocenters. The highest BCUT2D eigenvalue weighted by Gasteiger charge is 2.24. The number of aliphatic hydroxyl groups excluding tert-OH is 1. The Morgan fingerprint density at radius 1 is 1.43 bits per heavy atom. The molecule has 0 fully saturated rings. The second-order valence-electron chi connectivity index (χ2n) is 6.18. The Bertz CT molecular complexity index is 656. The number of aliphatic hydroxyl groups is 1. The fourth-order valence-electron chi connectivity index (χ4n) is 2.97. The summed E-state index contributed by atoms with van der Waals surface area (Å²) in [7, 11) is 0. The number of aryl methyl sites for hydroxylation is 3. The lowest BCUT2D eigenvalue weighted by atomic mass is 9.98. The van der Waals surface area contributed by atoms with Crippen molar-refractivity contribution in [1.82, 2.24) is 10.3 Å². The van der Waals surface area contributed by atoms with Crippen LogP contribution in [0.3, 0.4) is 0 Å². The first-order valence-electron chi connectivity index (χ1n) is 8.19. The average Bonchev–Trinajstić information content (AvgIpc) is 2.91. The first-order valence-corrected chi connectivity index (χ1v) is 9.00. The van der Waals surface area contributed by atoms with Gasteiger partial charge in [0.15, 0.2) is 0 Å². The zero-order valence-electron chi connectivity index (χ0n) is 13.7. The van der Waals surface area contributed by atoms with Crippen molar-refractivity contribution < 1.29 is 9.84 Å². The van der Waals surface area contributed by atoms with E-state index in [0.717, 1.165) is 35.6 Å². The van der Waals surface area contributed by atoms with Crippen LogP contribution in [0.2, 0.25) is 0 Å². The number of hydrogen-bond donors (Lipinski definition) is 2. The van der Waals surface area contributed by atoms with E-state index in [4.69, 9.17) is 4.74 Å². The molecule has 2 N–H and O–H groups in total. The molecule has 0 saturated carbocycles. The van der Waals surface area contributed by atoms with Crippen LogP contribution >= 0.6 is 11.3 Å². The Balaban J connectivity index is 1.49. The van der Waals surface area contributed by atoms with E-state index in [0.29, 0.717) is 19.2 Å². The molecule has 1 heterocycles. The molecule has 3 rings (SSSR count). The van der Waals surface area contributed by atoms with E-state index in [1.807, 2.05) is 31.2 Å². The number of nitrogens with one attached hydrogen (secondary N) is 1. The fraction of sp³-hybridized carbons (Fsp3) is 0.500. The van der Waals surface area contributed by atoms with Crippen LogP contribution in [0.4, 0.5) is 0 Å². The quantitative estimate of drug-likeness (QED) is 0.853. The minimum atomic E-state index is -0.519. The maximum Gasteiger partial charge on any atom is 0.119 e. The summed E-state index contributed by atoms with van der Waals surface area (Å²) in [4.78, 5) is 5.95. The zero-order valence-corrected chi connectivity index (χ0v) is 14.5. The van der Waals surface area contributed by atoms with Gasteiger partial charge in [0.2, 0.25) is 0 Å². The number of fused-ring (bicyclic) bond motifs is 1. The van der Waals surface area contributed by atoms with E-state index in [2.05, 4.69) is 17.2 Å². The Labute approximate surface area is 141 Å². The summed E-state index contributed by atoms with van der Waals surface area (Å²) in [5.41, 5.74) is 2.40. The van der Waals surface area contributed by atoms with E-state index in [1.54, 1.807) is 11.3 Å². The van der Waals surface area contributed by atoms with Crippen molar-refractivity contribution in [2.45, 2.75) is 45.3 Å². The molecule has 5 heteroatoms. The van der Waals surface area contributed by atoms with E-state index in [-0.39, 0.29) is 0 Å². The van der Waals surface area contributed by atoms with Gasteiger partial charge in [-0.3, -0.25) is 0 Å². The summed E-state index contributed by atoms with van der Waals surface area (Å²) in [5.74, 6) is 0.807. The highest BCUT2D eigenvalue weighted by Crippen LogP contribution is 2.33. The van der Waals surface area contributed by atoms with Crippen LogP contribution in [-0.4, -0.2) is 29.3 Å². The van der Waals surface area contributed by atoms with Gasteiger partial charge in [-0.2, -0.15) is 0 Å². The summed E-state index contributed by atoms with van der Waals surface area (Å²) in [6.45, 7) is 4.93. The Morgan fingerprint density at radius 3 is 3.13 bits per heavy atom. The topological polar surface area (TPSA) is 54.4 Å².